The molecule has 1 fully saturated rings. The standard InChI is InChI=1S/C22H25FN2O4S/c1-24-30(27,28)20-15-16(5-11-19(20)29-2)6-12-21(26)25-22(13-3-4-14-22)17-7-9-18(23)10-8-17/h5-12,15,24H,3-4,13-14H2,1-2H3,(H,25,26)/b12-6+. The summed E-state index contributed by atoms with van der Waals surface area (Å²) in [7, 11) is -0.997. The Morgan fingerprint density at radius 3 is 2.40 bits per heavy atom. The van der Waals surface area contributed by atoms with Crippen molar-refractivity contribution in [1.29, 1.82) is 0 Å². The normalized spacial score (nSPS) is 16.0. The summed E-state index contributed by atoms with van der Waals surface area (Å²) in [6.45, 7) is 0. The third-order valence-electron chi connectivity index (χ3n) is 5.39. The van der Waals surface area contributed by atoms with Crippen LogP contribution in [0.3, 0.4) is 0 Å². The Balaban J connectivity index is 1.81. The number of ether oxygens (including phenoxy) is 1. The highest BCUT2D eigenvalue weighted by molar-refractivity contribution is 7.89. The van der Waals surface area contributed by atoms with E-state index in [0.29, 0.717) is 5.56 Å². The molecule has 30 heavy (non-hydrogen) atoms. The van der Waals surface area contributed by atoms with Crippen molar-refractivity contribution in [2.75, 3.05) is 14.2 Å². The van der Waals surface area contributed by atoms with Crippen LogP contribution in [-0.4, -0.2) is 28.5 Å². The van der Waals surface area contributed by atoms with Crippen molar-refractivity contribution in [3.8, 4) is 5.75 Å². The molecule has 0 saturated heterocycles. The molecule has 0 spiro atoms. The predicted octanol–water partition coefficient (Wildman–Crippen LogP) is 3.34. The van der Waals surface area contributed by atoms with Crippen LogP contribution in [0, 0.1) is 5.82 Å². The molecular weight excluding hydrogens is 407 g/mol. The molecule has 1 amide bonds. The number of hydrogen-bond acceptors (Lipinski definition) is 4. The van der Waals surface area contributed by atoms with Gasteiger partial charge in [0, 0.05) is 6.08 Å². The fraction of sp³-hybridized carbons (Fsp3) is 0.318. The summed E-state index contributed by atoms with van der Waals surface area (Å²) in [4.78, 5) is 12.6. The Hall–Kier alpha value is -2.71. The number of amides is 1. The van der Waals surface area contributed by atoms with Crippen LogP contribution < -0.4 is 14.8 Å². The van der Waals surface area contributed by atoms with E-state index >= 15 is 0 Å². The fourth-order valence-corrected chi connectivity index (χ4v) is 4.73. The van der Waals surface area contributed by atoms with E-state index in [-0.39, 0.29) is 22.4 Å². The highest BCUT2D eigenvalue weighted by atomic mass is 32.2. The number of nitrogens with one attached hydrogen (secondary N) is 2. The molecule has 0 radical (unpaired) electrons. The van der Waals surface area contributed by atoms with Crippen LogP contribution in [0.1, 0.15) is 36.8 Å². The second-order valence-electron chi connectivity index (χ2n) is 7.24. The molecule has 0 heterocycles. The molecule has 0 aliphatic heterocycles. The molecule has 1 aliphatic rings. The van der Waals surface area contributed by atoms with Gasteiger partial charge < -0.3 is 10.1 Å². The van der Waals surface area contributed by atoms with Crippen LogP contribution in [0.25, 0.3) is 6.08 Å². The highest BCUT2D eigenvalue weighted by Gasteiger charge is 2.36. The van der Waals surface area contributed by atoms with Gasteiger partial charge in [-0.25, -0.2) is 17.5 Å². The van der Waals surface area contributed by atoms with Gasteiger partial charge in [0.15, 0.2) is 0 Å². The van der Waals surface area contributed by atoms with Crippen molar-refractivity contribution in [2.45, 2.75) is 36.1 Å². The van der Waals surface area contributed by atoms with E-state index < -0.39 is 15.6 Å². The minimum atomic E-state index is -3.71. The van der Waals surface area contributed by atoms with Gasteiger partial charge in [-0.2, -0.15) is 0 Å². The van der Waals surface area contributed by atoms with Crippen molar-refractivity contribution >= 4 is 22.0 Å². The molecule has 1 saturated carbocycles. The largest absolute Gasteiger partial charge is 0.495 e. The number of hydrogen-bond donors (Lipinski definition) is 2. The van der Waals surface area contributed by atoms with E-state index in [0.717, 1.165) is 31.2 Å². The van der Waals surface area contributed by atoms with Gasteiger partial charge in [0.2, 0.25) is 15.9 Å². The Labute approximate surface area is 176 Å². The first kappa shape index (κ1) is 22.0. The molecular formula is C22H25FN2O4S. The van der Waals surface area contributed by atoms with E-state index in [4.69, 9.17) is 4.74 Å². The lowest BCUT2D eigenvalue weighted by Crippen LogP contribution is -2.43. The molecule has 1 aliphatic carbocycles. The third-order valence-corrected chi connectivity index (χ3v) is 6.82. The van der Waals surface area contributed by atoms with E-state index in [9.17, 15) is 17.6 Å². The Bertz CT molecular complexity index is 1040. The van der Waals surface area contributed by atoms with Gasteiger partial charge in [-0.05, 0) is 61.4 Å². The van der Waals surface area contributed by atoms with E-state index in [1.54, 1.807) is 30.3 Å². The van der Waals surface area contributed by atoms with E-state index in [1.165, 1.54) is 38.4 Å². The molecule has 2 aromatic carbocycles. The minimum absolute atomic E-state index is 0.00589. The zero-order valence-electron chi connectivity index (χ0n) is 16.9. The summed E-state index contributed by atoms with van der Waals surface area (Å²) in [5.41, 5.74) is 0.910. The van der Waals surface area contributed by atoms with Gasteiger partial charge in [-0.3, -0.25) is 4.79 Å². The Morgan fingerprint density at radius 1 is 1.13 bits per heavy atom. The average Bonchev–Trinajstić information content (AvgIpc) is 3.22. The Kier molecular flexibility index (Phi) is 6.58. The summed E-state index contributed by atoms with van der Waals surface area (Å²) in [5, 5.41) is 3.07. The summed E-state index contributed by atoms with van der Waals surface area (Å²) < 4.78 is 45.1. The van der Waals surface area contributed by atoms with Crippen molar-refractivity contribution in [3.63, 3.8) is 0 Å². The number of halogens is 1. The molecule has 2 N–H and O–H groups in total. The lowest BCUT2D eigenvalue weighted by Gasteiger charge is -2.30. The van der Waals surface area contributed by atoms with Crippen LogP contribution in [-0.2, 0) is 20.4 Å². The average molecular weight is 433 g/mol. The van der Waals surface area contributed by atoms with Crippen LogP contribution >= 0.6 is 0 Å². The number of sulfonamides is 1. The lowest BCUT2D eigenvalue weighted by molar-refractivity contribution is -0.118. The zero-order valence-corrected chi connectivity index (χ0v) is 17.8. The predicted molar refractivity (Wildman–Crippen MR) is 113 cm³/mol. The zero-order chi connectivity index (χ0) is 21.8. The fourth-order valence-electron chi connectivity index (χ4n) is 3.80. The molecule has 0 bridgehead atoms. The number of rotatable bonds is 7. The third kappa shape index (κ3) is 4.71. The van der Waals surface area contributed by atoms with E-state index in [2.05, 4.69) is 10.0 Å². The van der Waals surface area contributed by atoms with Crippen molar-refractivity contribution < 1.29 is 22.3 Å². The first-order valence-electron chi connectivity index (χ1n) is 9.67. The number of carbonyl (C=O) groups excluding carboxylic acids is 1. The smallest absolute Gasteiger partial charge is 0.244 e. The lowest BCUT2D eigenvalue weighted by atomic mass is 9.88. The van der Waals surface area contributed by atoms with Crippen LogP contribution in [0.2, 0.25) is 0 Å². The summed E-state index contributed by atoms with van der Waals surface area (Å²) in [6.07, 6.45) is 6.45. The van der Waals surface area contributed by atoms with Crippen LogP contribution in [0.5, 0.6) is 5.75 Å². The maximum absolute atomic E-state index is 13.3. The molecule has 3 rings (SSSR count). The van der Waals surface area contributed by atoms with Gasteiger partial charge in [0.25, 0.3) is 0 Å². The van der Waals surface area contributed by atoms with Gasteiger partial charge in [-0.15, -0.1) is 0 Å². The summed E-state index contributed by atoms with van der Waals surface area (Å²) in [5.74, 6) is -0.396. The number of benzene rings is 2. The van der Waals surface area contributed by atoms with Crippen LogP contribution in [0.4, 0.5) is 4.39 Å². The maximum Gasteiger partial charge on any atom is 0.244 e. The van der Waals surface area contributed by atoms with Crippen molar-refractivity contribution in [3.05, 3.63) is 65.5 Å². The Morgan fingerprint density at radius 2 is 1.80 bits per heavy atom. The topological polar surface area (TPSA) is 84.5 Å². The molecule has 0 aromatic heterocycles. The first-order chi connectivity index (χ1) is 14.3. The highest BCUT2D eigenvalue weighted by Crippen LogP contribution is 2.38. The second kappa shape index (κ2) is 8.97. The summed E-state index contributed by atoms with van der Waals surface area (Å²) in [6, 6.07) is 10.9. The maximum atomic E-state index is 13.3. The van der Waals surface area contributed by atoms with Crippen molar-refractivity contribution in [2.24, 2.45) is 0 Å². The first-order valence-corrected chi connectivity index (χ1v) is 11.2. The van der Waals surface area contributed by atoms with Crippen LogP contribution in [0.15, 0.2) is 53.4 Å². The minimum Gasteiger partial charge on any atom is -0.495 e. The van der Waals surface area contributed by atoms with Gasteiger partial charge >= 0.3 is 0 Å². The molecule has 6 nitrogen and oxygen atoms in total. The van der Waals surface area contributed by atoms with Gasteiger partial charge in [-0.1, -0.05) is 31.0 Å². The summed E-state index contributed by atoms with van der Waals surface area (Å²) >= 11 is 0. The van der Waals surface area contributed by atoms with E-state index in [1.807, 2.05) is 0 Å². The van der Waals surface area contributed by atoms with Gasteiger partial charge in [0.1, 0.15) is 16.5 Å². The monoisotopic (exact) mass is 432 g/mol. The molecule has 0 atom stereocenters. The van der Waals surface area contributed by atoms with Crippen molar-refractivity contribution in [1.82, 2.24) is 10.0 Å². The number of carbonyl (C=O) groups is 1. The SMILES string of the molecule is CNS(=O)(=O)c1cc(/C=C/C(=O)NC2(c3ccc(F)cc3)CCCC2)ccc1OC. The molecule has 2 aromatic rings. The number of methoxy groups -OCH3 is 1. The molecule has 8 heteroatoms. The second-order valence-corrected chi connectivity index (χ2v) is 9.09. The molecule has 160 valence electrons. The molecule has 0 unspecified atom stereocenters. The van der Waals surface area contributed by atoms with Gasteiger partial charge in [0.05, 0.1) is 12.6 Å². The quantitative estimate of drug-likeness (QED) is 0.658.